The fourth-order valence-corrected chi connectivity index (χ4v) is 9.41. The first-order valence-electron chi connectivity index (χ1n) is 16.5. The molecule has 8 aromatic carbocycles. The summed E-state index contributed by atoms with van der Waals surface area (Å²) < 4.78 is 2.52. The van der Waals surface area contributed by atoms with Crippen LogP contribution in [0.25, 0.3) is 71.3 Å². The average Bonchev–Trinajstić information content (AvgIpc) is 3.62. The van der Waals surface area contributed by atoms with Crippen molar-refractivity contribution >= 4 is 43.4 Å². The van der Waals surface area contributed by atoms with Crippen molar-refractivity contribution in [1.82, 2.24) is 4.57 Å². The molecule has 218 valence electrons. The fraction of sp³-hybridized carbons (Fsp3) is 0.0435. The molecule has 1 atom stereocenters. The predicted molar refractivity (Wildman–Crippen MR) is 197 cm³/mol. The summed E-state index contributed by atoms with van der Waals surface area (Å²) in [5, 5.41) is 7.85. The van der Waals surface area contributed by atoms with Crippen molar-refractivity contribution < 1.29 is 0 Å². The average molecular weight is 596 g/mol. The van der Waals surface area contributed by atoms with Crippen LogP contribution in [0.1, 0.15) is 27.8 Å². The molecule has 11 rings (SSSR count). The maximum absolute atomic E-state index is 2.53. The maximum Gasteiger partial charge on any atom is 0.0754 e. The Bertz CT molecular complexity index is 2810. The van der Waals surface area contributed by atoms with Crippen LogP contribution in [0.3, 0.4) is 0 Å². The van der Waals surface area contributed by atoms with Crippen LogP contribution in [-0.4, -0.2) is 4.57 Å². The molecule has 1 aliphatic heterocycles. The summed E-state index contributed by atoms with van der Waals surface area (Å²) in [5.74, 6) is 0. The Morgan fingerprint density at radius 3 is 1.87 bits per heavy atom. The molecule has 2 heterocycles. The van der Waals surface area contributed by atoms with Gasteiger partial charge >= 0.3 is 0 Å². The number of para-hydroxylation sites is 3. The lowest BCUT2D eigenvalue weighted by molar-refractivity contribution is 0.749. The SMILES string of the molecule is Cc1c(-c2ccc3c(c2)C2(c4ccccc4-3)c3ccccc3-n3c4ccccc4c4cccc2c43)c2ccccc2c2ccccc12. The Kier molecular flexibility index (Phi) is 4.77. The molecule has 1 spiro atoms. The van der Waals surface area contributed by atoms with Crippen LogP contribution in [0.15, 0.2) is 158 Å². The Balaban J connectivity index is 1.32. The minimum Gasteiger partial charge on any atom is -0.309 e. The van der Waals surface area contributed by atoms with Crippen molar-refractivity contribution in [2.75, 3.05) is 0 Å². The van der Waals surface area contributed by atoms with Crippen molar-refractivity contribution in [3.05, 3.63) is 186 Å². The van der Waals surface area contributed by atoms with Crippen LogP contribution in [0.5, 0.6) is 0 Å². The highest BCUT2D eigenvalue weighted by Crippen LogP contribution is 2.61. The van der Waals surface area contributed by atoms with Crippen LogP contribution in [0.2, 0.25) is 0 Å². The zero-order valence-corrected chi connectivity index (χ0v) is 26.0. The molecule has 0 N–H and O–H groups in total. The second kappa shape index (κ2) is 8.87. The molecule has 1 aliphatic carbocycles. The molecule has 2 aliphatic rings. The largest absolute Gasteiger partial charge is 0.309 e. The third-order valence-electron chi connectivity index (χ3n) is 11.2. The number of aryl methyl sites for hydroxylation is 1. The van der Waals surface area contributed by atoms with E-state index in [0.29, 0.717) is 0 Å². The molecule has 0 radical (unpaired) electrons. The normalized spacial score (nSPS) is 15.9. The van der Waals surface area contributed by atoms with Gasteiger partial charge in [0, 0.05) is 10.8 Å². The van der Waals surface area contributed by atoms with Gasteiger partial charge in [-0.25, -0.2) is 0 Å². The zero-order valence-electron chi connectivity index (χ0n) is 26.0. The first kappa shape index (κ1) is 25.3. The van der Waals surface area contributed by atoms with Gasteiger partial charge in [0.1, 0.15) is 0 Å². The van der Waals surface area contributed by atoms with Gasteiger partial charge in [0.05, 0.1) is 22.1 Å². The first-order valence-corrected chi connectivity index (χ1v) is 16.5. The highest BCUT2D eigenvalue weighted by molar-refractivity contribution is 6.16. The number of aromatic nitrogens is 1. The van der Waals surface area contributed by atoms with Gasteiger partial charge < -0.3 is 4.57 Å². The molecule has 1 unspecified atom stereocenters. The van der Waals surface area contributed by atoms with Gasteiger partial charge in [0.25, 0.3) is 0 Å². The Labute approximate surface area is 273 Å². The van der Waals surface area contributed by atoms with E-state index in [4.69, 9.17) is 0 Å². The van der Waals surface area contributed by atoms with Gasteiger partial charge in [0.2, 0.25) is 0 Å². The number of hydrogen-bond donors (Lipinski definition) is 0. The summed E-state index contributed by atoms with van der Waals surface area (Å²) in [7, 11) is 0. The van der Waals surface area contributed by atoms with E-state index in [-0.39, 0.29) is 0 Å². The molecule has 9 aromatic rings. The predicted octanol–water partition coefficient (Wildman–Crippen LogP) is 11.7. The number of benzene rings is 8. The smallest absolute Gasteiger partial charge is 0.0754 e. The van der Waals surface area contributed by atoms with E-state index in [1.807, 2.05) is 0 Å². The number of nitrogens with zero attached hydrogens (tertiary/aromatic N) is 1. The third-order valence-corrected chi connectivity index (χ3v) is 11.2. The zero-order chi connectivity index (χ0) is 30.9. The molecule has 47 heavy (non-hydrogen) atoms. The lowest BCUT2D eigenvalue weighted by Gasteiger charge is -2.39. The highest BCUT2D eigenvalue weighted by Gasteiger charge is 2.50. The summed E-state index contributed by atoms with van der Waals surface area (Å²) in [6.07, 6.45) is 0. The number of hydrogen-bond acceptors (Lipinski definition) is 0. The Morgan fingerprint density at radius 2 is 1.02 bits per heavy atom. The summed E-state index contributed by atoms with van der Waals surface area (Å²) >= 11 is 0. The Morgan fingerprint density at radius 1 is 0.426 bits per heavy atom. The van der Waals surface area contributed by atoms with Crippen molar-refractivity contribution in [2.24, 2.45) is 0 Å². The van der Waals surface area contributed by atoms with Gasteiger partial charge in [-0.1, -0.05) is 140 Å². The van der Waals surface area contributed by atoms with Gasteiger partial charge in [-0.05, 0) is 96.7 Å². The molecule has 1 aromatic heterocycles. The van der Waals surface area contributed by atoms with Crippen LogP contribution in [0.4, 0.5) is 0 Å². The standard InChI is InChI=1S/C46H29N/c1-28-30-13-2-3-14-31(30)32-15-4-5-18-36(32)44(28)29-25-26-34-33-16-6-8-20-38(33)46(41(34)27-29)39-21-9-11-24-43(39)47-42-23-10-7-17-35(42)37-19-12-22-40(46)45(37)47/h2-27H,1H3. The van der Waals surface area contributed by atoms with Crippen molar-refractivity contribution in [2.45, 2.75) is 12.3 Å². The van der Waals surface area contributed by atoms with E-state index in [9.17, 15) is 0 Å². The topological polar surface area (TPSA) is 4.93 Å². The second-order valence-corrected chi connectivity index (χ2v) is 13.2. The quantitative estimate of drug-likeness (QED) is 0.166. The van der Waals surface area contributed by atoms with Gasteiger partial charge in [-0.2, -0.15) is 0 Å². The minimum atomic E-state index is -0.455. The fourth-order valence-electron chi connectivity index (χ4n) is 9.41. The molecule has 0 saturated carbocycles. The highest BCUT2D eigenvalue weighted by atomic mass is 15.0. The van der Waals surface area contributed by atoms with Crippen LogP contribution < -0.4 is 0 Å². The molecular formula is C46H29N. The molecule has 1 nitrogen and oxygen atoms in total. The van der Waals surface area contributed by atoms with E-state index in [0.717, 1.165) is 0 Å². The van der Waals surface area contributed by atoms with Crippen molar-refractivity contribution in [3.8, 4) is 27.9 Å². The first-order chi connectivity index (χ1) is 23.3. The number of fused-ring (bicyclic) bond motifs is 15. The van der Waals surface area contributed by atoms with E-state index in [2.05, 4.69) is 169 Å². The summed E-state index contributed by atoms with van der Waals surface area (Å²) in [6.45, 7) is 2.30. The summed E-state index contributed by atoms with van der Waals surface area (Å²) in [6, 6.07) is 59.2. The molecule has 1 heteroatoms. The molecule has 0 bridgehead atoms. The van der Waals surface area contributed by atoms with Crippen LogP contribution in [0, 0.1) is 6.92 Å². The van der Waals surface area contributed by atoms with Gasteiger partial charge in [0.15, 0.2) is 0 Å². The van der Waals surface area contributed by atoms with E-state index in [1.165, 1.54) is 99.1 Å². The minimum absolute atomic E-state index is 0.455. The van der Waals surface area contributed by atoms with Crippen molar-refractivity contribution in [1.29, 1.82) is 0 Å². The lowest BCUT2D eigenvalue weighted by Crippen LogP contribution is -2.33. The van der Waals surface area contributed by atoms with Crippen molar-refractivity contribution in [3.63, 3.8) is 0 Å². The molecular weight excluding hydrogens is 567 g/mol. The maximum atomic E-state index is 2.53. The molecule has 0 amide bonds. The monoisotopic (exact) mass is 595 g/mol. The van der Waals surface area contributed by atoms with Gasteiger partial charge in [-0.15, -0.1) is 0 Å². The summed E-state index contributed by atoms with van der Waals surface area (Å²) in [5.41, 5.74) is 15.4. The molecule has 0 saturated heterocycles. The number of rotatable bonds is 1. The van der Waals surface area contributed by atoms with E-state index < -0.39 is 5.41 Å². The van der Waals surface area contributed by atoms with Crippen LogP contribution >= 0.6 is 0 Å². The third kappa shape index (κ3) is 2.96. The van der Waals surface area contributed by atoms with E-state index in [1.54, 1.807) is 0 Å². The lowest BCUT2D eigenvalue weighted by atomic mass is 9.65. The molecule has 0 fully saturated rings. The summed E-state index contributed by atoms with van der Waals surface area (Å²) in [4.78, 5) is 0. The van der Waals surface area contributed by atoms with Crippen LogP contribution in [-0.2, 0) is 5.41 Å². The van der Waals surface area contributed by atoms with Gasteiger partial charge in [-0.3, -0.25) is 0 Å². The van der Waals surface area contributed by atoms with E-state index >= 15 is 0 Å². The second-order valence-electron chi connectivity index (χ2n) is 13.2. The Hall–Kier alpha value is -5.92.